The molecular weight excluding hydrogens is 268 g/mol. The fraction of sp³-hybridized carbons (Fsp3) is 0.333. The first-order valence-electron chi connectivity index (χ1n) is 6.61. The van der Waals surface area contributed by atoms with Crippen molar-refractivity contribution < 1.29 is 0 Å². The summed E-state index contributed by atoms with van der Waals surface area (Å²) in [6, 6.07) is 10.3. The van der Waals surface area contributed by atoms with Crippen molar-refractivity contribution in [3.8, 4) is 0 Å². The van der Waals surface area contributed by atoms with Crippen LogP contribution in [0.25, 0.3) is 10.9 Å². The number of thioether (sulfide) groups is 1. The highest BCUT2D eigenvalue weighted by molar-refractivity contribution is 7.98. The number of hydrogen-bond acceptors (Lipinski definition) is 3. The third kappa shape index (κ3) is 3.87. The summed E-state index contributed by atoms with van der Waals surface area (Å²) >= 11 is 1.82. The zero-order valence-corrected chi connectivity index (χ0v) is 12.7. The normalized spacial score (nSPS) is 11.6. The molecule has 0 fully saturated rings. The Bertz CT molecular complexity index is 578. The Morgan fingerprint density at radius 1 is 1.25 bits per heavy atom. The zero-order valence-electron chi connectivity index (χ0n) is 11.9. The van der Waals surface area contributed by atoms with Crippen LogP contribution < -0.4 is 10.6 Å². The van der Waals surface area contributed by atoms with Gasteiger partial charge in [-0.3, -0.25) is 9.98 Å². The van der Waals surface area contributed by atoms with Crippen molar-refractivity contribution in [2.24, 2.45) is 4.99 Å². The van der Waals surface area contributed by atoms with Crippen LogP contribution in [0.3, 0.4) is 0 Å². The van der Waals surface area contributed by atoms with E-state index in [9.17, 15) is 0 Å². The van der Waals surface area contributed by atoms with E-state index in [4.69, 9.17) is 0 Å². The lowest BCUT2D eigenvalue weighted by Crippen LogP contribution is -2.37. The van der Waals surface area contributed by atoms with E-state index in [-0.39, 0.29) is 0 Å². The number of aliphatic imine (C=N–C) groups is 1. The highest BCUT2D eigenvalue weighted by Gasteiger charge is 2.03. The molecule has 0 atom stereocenters. The second kappa shape index (κ2) is 7.75. The Kier molecular flexibility index (Phi) is 5.68. The lowest BCUT2D eigenvalue weighted by molar-refractivity contribution is 0.835. The SMILES string of the molecule is CN=C(NCCSC)NCc1cccc2cccnc12. The number of benzene rings is 1. The number of nitrogens with one attached hydrogen (secondary N) is 2. The van der Waals surface area contributed by atoms with Gasteiger partial charge < -0.3 is 10.6 Å². The van der Waals surface area contributed by atoms with E-state index in [2.05, 4.69) is 51.1 Å². The Hall–Kier alpha value is -1.75. The van der Waals surface area contributed by atoms with Gasteiger partial charge in [0.1, 0.15) is 0 Å². The lowest BCUT2D eigenvalue weighted by Gasteiger charge is -2.12. The van der Waals surface area contributed by atoms with Crippen molar-refractivity contribution in [2.45, 2.75) is 6.54 Å². The van der Waals surface area contributed by atoms with E-state index < -0.39 is 0 Å². The van der Waals surface area contributed by atoms with Gasteiger partial charge in [0.25, 0.3) is 0 Å². The zero-order chi connectivity index (χ0) is 14.2. The van der Waals surface area contributed by atoms with E-state index >= 15 is 0 Å². The smallest absolute Gasteiger partial charge is 0.191 e. The summed E-state index contributed by atoms with van der Waals surface area (Å²) in [7, 11) is 1.79. The lowest BCUT2D eigenvalue weighted by atomic mass is 10.1. The van der Waals surface area contributed by atoms with E-state index in [0.717, 1.165) is 29.2 Å². The molecule has 0 saturated carbocycles. The minimum Gasteiger partial charge on any atom is -0.356 e. The van der Waals surface area contributed by atoms with E-state index in [0.29, 0.717) is 6.54 Å². The summed E-state index contributed by atoms with van der Waals surface area (Å²) in [5.74, 6) is 1.89. The highest BCUT2D eigenvalue weighted by Crippen LogP contribution is 2.15. The van der Waals surface area contributed by atoms with Gasteiger partial charge in [0.2, 0.25) is 0 Å². The van der Waals surface area contributed by atoms with Crippen LogP contribution in [-0.4, -0.2) is 36.5 Å². The van der Waals surface area contributed by atoms with Crippen LogP contribution in [0.4, 0.5) is 0 Å². The topological polar surface area (TPSA) is 49.3 Å². The minimum atomic E-state index is 0.716. The molecule has 2 rings (SSSR count). The van der Waals surface area contributed by atoms with Crippen LogP contribution in [0.1, 0.15) is 5.56 Å². The first-order valence-corrected chi connectivity index (χ1v) is 8.00. The quantitative estimate of drug-likeness (QED) is 0.503. The molecule has 1 aromatic heterocycles. The number of nitrogens with zero attached hydrogens (tertiary/aromatic N) is 2. The number of guanidine groups is 1. The molecule has 0 spiro atoms. The second-order valence-electron chi connectivity index (χ2n) is 4.34. The molecule has 4 nitrogen and oxygen atoms in total. The standard InChI is InChI=1S/C15H20N4S/c1-16-15(18-9-10-20-2)19-11-13-6-3-5-12-7-4-8-17-14(12)13/h3-8H,9-11H2,1-2H3,(H2,16,18,19). The van der Waals surface area contributed by atoms with Crippen molar-refractivity contribution in [1.82, 2.24) is 15.6 Å². The number of para-hydroxylation sites is 1. The molecule has 2 N–H and O–H groups in total. The Morgan fingerprint density at radius 3 is 2.90 bits per heavy atom. The molecule has 20 heavy (non-hydrogen) atoms. The van der Waals surface area contributed by atoms with Gasteiger partial charge in [0.15, 0.2) is 5.96 Å². The highest BCUT2D eigenvalue weighted by atomic mass is 32.2. The summed E-state index contributed by atoms with van der Waals surface area (Å²) in [4.78, 5) is 8.68. The van der Waals surface area contributed by atoms with Gasteiger partial charge in [-0.1, -0.05) is 24.3 Å². The van der Waals surface area contributed by atoms with Crippen molar-refractivity contribution in [3.05, 3.63) is 42.1 Å². The molecule has 1 heterocycles. The van der Waals surface area contributed by atoms with Crippen molar-refractivity contribution in [3.63, 3.8) is 0 Å². The van der Waals surface area contributed by atoms with Gasteiger partial charge in [-0.2, -0.15) is 11.8 Å². The van der Waals surface area contributed by atoms with Crippen molar-refractivity contribution in [2.75, 3.05) is 25.6 Å². The van der Waals surface area contributed by atoms with Gasteiger partial charge in [0.05, 0.1) is 5.52 Å². The molecule has 106 valence electrons. The average molecular weight is 288 g/mol. The average Bonchev–Trinajstić information content (AvgIpc) is 2.50. The summed E-state index contributed by atoms with van der Waals surface area (Å²) in [5, 5.41) is 7.78. The number of rotatable bonds is 5. The molecule has 0 bridgehead atoms. The van der Waals surface area contributed by atoms with Crippen LogP contribution in [0.5, 0.6) is 0 Å². The monoisotopic (exact) mass is 288 g/mol. The Morgan fingerprint density at radius 2 is 2.10 bits per heavy atom. The Labute approximate surface area is 124 Å². The first-order chi connectivity index (χ1) is 9.85. The van der Waals surface area contributed by atoms with E-state index in [1.54, 1.807) is 7.05 Å². The van der Waals surface area contributed by atoms with Gasteiger partial charge in [0, 0.05) is 37.5 Å². The maximum atomic E-state index is 4.46. The molecule has 0 unspecified atom stereocenters. The fourth-order valence-corrected chi connectivity index (χ4v) is 2.29. The number of aromatic nitrogens is 1. The summed E-state index contributed by atoms with van der Waals surface area (Å²) in [6.45, 7) is 1.63. The molecule has 1 aromatic carbocycles. The molecule has 0 radical (unpaired) electrons. The fourth-order valence-electron chi connectivity index (χ4n) is 1.98. The molecule has 0 amide bonds. The number of pyridine rings is 1. The molecule has 2 aromatic rings. The first kappa shape index (κ1) is 14.7. The van der Waals surface area contributed by atoms with E-state index in [1.165, 1.54) is 5.56 Å². The van der Waals surface area contributed by atoms with Crippen molar-refractivity contribution in [1.29, 1.82) is 0 Å². The largest absolute Gasteiger partial charge is 0.356 e. The van der Waals surface area contributed by atoms with Gasteiger partial charge in [-0.15, -0.1) is 0 Å². The van der Waals surface area contributed by atoms with Gasteiger partial charge in [-0.25, -0.2) is 0 Å². The van der Waals surface area contributed by atoms with Crippen LogP contribution in [-0.2, 0) is 6.54 Å². The van der Waals surface area contributed by atoms with Gasteiger partial charge in [-0.05, 0) is 17.9 Å². The molecule has 0 saturated heterocycles. The Balaban J connectivity index is 2.01. The number of fused-ring (bicyclic) bond motifs is 1. The van der Waals surface area contributed by atoms with Crippen molar-refractivity contribution >= 4 is 28.6 Å². The maximum absolute atomic E-state index is 4.46. The third-order valence-electron chi connectivity index (χ3n) is 2.98. The third-order valence-corrected chi connectivity index (χ3v) is 3.60. The molecule has 0 aliphatic heterocycles. The maximum Gasteiger partial charge on any atom is 0.191 e. The predicted octanol–water partition coefficient (Wildman–Crippen LogP) is 2.26. The molecule has 5 heteroatoms. The second-order valence-corrected chi connectivity index (χ2v) is 5.32. The summed E-state index contributed by atoms with van der Waals surface area (Å²) < 4.78 is 0. The summed E-state index contributed by atoms with van der Waals surface area (Å²) in [5.41, 5.74) is 2.22. The molecule has 0 aliphatic rings. The summed E-state index contributed by atoms with van der Waals surface area (Å²) in [6.07, 6.45) is 3.93. The predicted molar refractivity (Wildman–Crippen MR) is 88.3 cm³/mol. The van der Waals surface area contributed by atoms with Crippen LogP contribution in [0.2, 0.25) is 0 Å². The minimum absolute atomic E-state index is 0.716. The van der Waals surface area contributed by atoms with Crippen LogP contribution in [0, 0.1) is 0 Å². The number of hydrogen-bond donors (Lipinski definition) is 2. The van der Waals surface area contributed by atoms with Crippen LogP contribution in [0.15, 0.2) is 41.5 Å². The van der Waals surface area contributed by atoms with E-state index in [1.807, 2.05) is 24.0 Å². The molecular formula is C15H20N4S. The molecule has 0 aliphatic carbocycles. The van der Waals surface area contributed by atoms with Gasteiger partial charge >= 0.3 is 0 Å². The van der Waals surface area contributed by atoms with Crippen LogP contribution >= 0.6 is 11.8 Å².